The van der Waals surface area contributed by atoms with Crippen LogP contribution in [0.3, 0.4) is 0 Å². The van der Waals surface area contributed by atoms with Crippen LogP contribution in [-0.4, -0.2) is 50.1 Å². The van der Waals surface area contributed by atoms with Crippen LogP contribution in [0, 0.1) is 5.92 Å². The molecule has 1 aliphatic heterocycles. The van der Waals surface area contributed by atoms with Gasteiger partial charge in [0.2, 0.25) is 0 Å². The number of nitrogens with one attached hydrogen (secondary N) is 2. The lowest BCUT2D eigenvalue weighted by atomic mass is 9.82. The van der Waals surface area contributed by atoms with Crippen LogP contribution < -0.4 is 10.6 Å². The van der Waals surface area contributed by atoms with E-state index in [4.69, 9.17) is 4.74 Å². The number of piperidine rings is 1. The highest BCUT2D eigenvalue weighted by atomic mass is 16.5. The highest BCUT2D eigenvalue weighted by Gasteiger charge is 2.34. The Morgan fingerprint density at radius 3 is 2.94 bits per heavy atom. The summed E-state index contributed by atoms with van der Waals surface area (Å²) in [7, 11) is 1.69. The van der Waals surface area contributed by atoms with Gasteiger partial charge in [0.1, 0.15) is 0 Å². The number of rotatable bonds is 7. The summed E-state index contributed by atoms with van der Waals surface area (Å²) in [5.41, 5.74) is -0.679. The van der Waals surface area contributed by atoms with Crippen molar-refractivity contribution in [1.29, 1.82) is 0 Å². The quantitative estimate of drug-likeness (QED) is 0.579. The van der Waals surface area contributed by atoms with Crippen molar-refractivity contribution in [3.05, 3.63) is 0 Å². The van der Waals surface area contributed by atoms with Gasteiger partial charge in [0.15, 0.2) is 0 Å². The van der Waals surface area contributed by atoms with E-state index in [1.54, 1.807) is 7.11 Å². The molecule has 0 aliphatic carbocycles. The van der Waals surface area contributed by atoms with E-state index in [0.717, 1.165) is 25.4 Å². The van der Waals surface area contributed by atoms with Gasteiger partial charge >= 0.3 is 0 Å². The van der Waals surface area contributed by atoms with E-state index in [-0.39, 0.29) is 6.04 Å². The van der Waals surface area contributed by atoms with Gasteiger partial charge in [-0.3, -0.25) is 0 Å². The van der Waals surface area contributed by atoms with E-state index in [9.17, 15) is 5.11 Å². The molecule has 0 radical (unpaired) electrons. The summed E-state index contributed by atoms with van der Waals surface area (Å²) in [5.74, 6) is 0.756. The van der Waals surface area contributed by atoms with Gasteiger partial charge in [0.05, 0.1) is 12.2 Å². The van der Waals surface area contributed by atoms with E-state index in [1.165, 1.54) is 12.8 Å². The number of hydrogen-bond donors (Lipinski definition) is 3. The molecule has 0 spiro atoms. The first-order chi connectivity index (χ1) is 8.10. The van der Waals surface area contributed by atoms with Crippen molar-refractivity contribution in [2.24, 2.45) is 5.92 Å². The fourth-order valence-corrected chi connectivity index (χ4v) is 2.48. The molecule has 0 amide bonds. The summed E-state index contributed by atoms with van der Waals surface area (Å²) >= 11 is 0. The summed E-state index contributed by atoms with van der Waals surface area (Å²) in [6.45, 7) is 7.27. The Hall–Kier alpha value is -0.160. The minimum Gasteiger partial charge on any atom is -0.387 e. The number of ether oxygens (including phenoxy) is 1. The second-order valence-corrected chi connectivity index (χ2v) is 5.33. The van der Waals surface area contributed by atoms with Gasteiger partial charge in [0.25, 0.3) is 0 Å². The van der Waals surface area contributed by atoms with E-state index >= 15 is 0 Å². The molecule has 0 aromatic carbocycles. The van der Waals surface area contributed by atoms with Gasteiger partial charge in [-0.1, -0.05) is 13.3 Å². The average Bonchev–Trinajstić information content (AvgIpc) is 2.35. The van der Waals surface area contributed by atoms with Crippen molar-refractivity contribution in [2.75, 3.05) is 33.4 Å². The molecule has 0 bridgehead atoms. The van der Waals surface area contributed by atoms with Crippen LogP contribution in [0.25, 0.3) is 0 Å². The maximum Gasteiger partial charge on any atom is 0.0895 e. The standard InChI is InChI=1S/C13H28N2O2/c1-4-11-5-6-15-12(9-11)13(2,16)10-14-7-8-17-3/h11-12,14-16H,4-10H2,1-3H3. The molecule has 17 heavy (non-hydrogen) atoms. The fraction of sp³-hybridized carbons (Fsp3) is 1.00. The molecule has 4 heteroatoms. The van der Waals surface area contributed by atoms with Crippen molar-refractivity contribution in [1.82, 2.24) is 10.6 Å². The zero-order valence-corrected chi connectivity index (χ0v) is 11.5. The molecule has 0 saturated carbocycles. The highest BCUT2D eigenvalue weighted by Crippen LogP contribution is 2.25. The van der Waals surface area contributed by atoms with Gasteiger partial charge in [-0.2, -0.15) is 0 Å². The van der Waals surface area contributed by atoms with E-state index in [0.29, 0.717) is 13.2 Å². The summed E-state index contributed by atoms with van der Waals surface area (Å²) in [6.07, 6.45) is 3.53. The lowest BCUT2D eigenvalue weighted by Gasteiger charge is -2.39. The lowest BCUT2D eigenvalue weighted by Crippen LogP contribution is -2.57. The molecule has 1 heterocycles. The van der Waals surface area contributed by atoms with Gasteiger partial charge in [-0.15, -0.1) is 0 Å². The summed E-state index contributed by atoms with van der Waals surface area (Å²) in [5, 5.41) is 17.2. The predicted molar refractivity (Wildman–Crippen MR) is 70.2 cm³/mol. The van der Waals surface area contributed by atoms with Crippen molar-refractivity contribution < 1.29 is 9.84 Å². The third kappa shape index (κ3) is 4.92. The maximum absolute atomic E-state index is 10.5. The normalized spacial score (nSPS) is 28.9. The zero-order chi connectivity index (χ0) is 12.7. The molecule has 3 N–H and O–H groups in total. The largest absolute Gasteiger partial charge is 0.387 e. The molecular weight excluding hydrogens is 216 g/mol. The minimum atomic E-state index is -0.679. The fourth-order valence-electron chi connectivity index (χ4n) is 2.48. The molecular formula is C13H28N2O2. The number of hydrogen-bond acceptors (Lipinski definition) is 4. The molecule has 3 unspecified atom stereocenters. The summed E-state index contributed by atoms with van der Waals surface area (Å²) < 4.78 is 4.98. The second-order valence-electron chi connectivity index (χ2n) is 5.33. The monoisotopic (exact) mass is 244 g/mol. The summed E-state index contributed by atoms with van der Waals surface area (Å²) in [4.78, 5) is 0. The van der Waals surface area contributed by atoms with Crippen molar-refractivity contribution in [3.63, 3.8) is 0 Å². The first kappa shape index (κ1) is 14.9. The number of methoxy groups -OCH3 is 1. The van der Waals surface area contributed by atoms with Crippen LogP contribution in [0.1, 0.15) is 33.1 Å². The Balaban J connectivity index is 2.34. The lowest BCUT2D eigenvalue weighted by molar-refractivity contribution is 0.00130. The Bertz CT molecular complexity index is 210. The summed E-state index contributed by atoms with van der Waals surface area (Å²) in [6, 6.07) is 0.205. The zero-order valence-electron chi connectivity index (χ0n) is 11.5. The van der Waals surface area contributed by atoms with E-state index in [1.807, 2.05) is 6.92 Å². The Morgan fingerprint density at radius 1 is 1.53 bits per heavy atom. The SMILES string of the molecule is CCC1CCNC(C(C)(O)CNCCOC)C1. The third-order valence-electron chi connectivity index (χ3n) is 3.81. The molecule has 1 saturated heterocycles. The third-order valence-corrected chi connectivity index (χ3v) is 3.81. The Labute approximate surface area is 105 Å². The maximum atomic E-state index is 10.5. The molecule has 4 nitrogen and oxygen atoms in total. The second kappa shape index (κ2) is 7.31. The molecule has 1 rings (SSSR count). The van der Waals surface area contributed by atoms with Gasteiger partial charge < -0.3 is 20.5 Å². The molecule has 0 aromatic heterocycles. The molecule has 1 aliphatic rings. The minimum absolute atomic E-state index is 0.205. The van der Waals surface area contributed by atoms with Gasteiger partial charge in [0, 0.05) is 26.2 Å². The predicted octanol–water partition coefficient (Wildman–Crippen LogP) is 0.752. The Kier molecular flexibility index (Phi) is 6.41. The van der Waals surface area contributed by atoms with Crippen LogP contribution in [0.2, 0.25) is 0 Å². The van der Waals surface area contributed by atoms with Crippen LogP contribution in [0.15, 0.2) is 0 Å². The molecule has 1 fully saturated rings. The molecule has 102 valence electrons. The molecule has 0 aromatic rings. The van der Waals surface area contributed by atoms with Crippen LogP contribution in [0.5, 0.6) is 0 Å². The van der Waals surface area contributed by atoms with Crippen molar-refractivity contribution in [3.8, 4) is 0 Å². The first-order valence-corrected chi connectivity index (χ1v) is 6.75. The highest BCUT2D eigenvalue weighted by molar-refractivity contribution is 4.93. The average molecular weight is 244 g/mol. The smallest absolute Gasteiger partial charge is 0.0895 e. The van der Waals surface area contributed by atoms with Crippen LogP contribution in [0.4, 0.5) is 0 Å². The van der Waals surface area contributed by atoms with E-state index in [2.05, 4.69) is 17.6 Å². The molecule has 3 atom stereocenters. The van der Waals surface area contributed by atoms with Crippen molar-refractivity contribution >= 4 is 0 Å². The van der Waals surface area contributed by atoms with Crippen LogP contribution >= 0.6 is 0 Å². The number of aliphatic hydroxyl groups is 1. The van der Waals surface area contributed by atoms with Gasteiger partial charge in [-0.25, -0.2) is 0 Å². The topological polar surface area (TPSA) is 53.5 Å². The first-order valence-electron chi connectivity index (χ1n) is 6.75. The van der Waals surface area contributed by atoms with Crippen LogP contribution in [-0.2, 0) is 4.74 Å². The Morgan fingerprint density at radius 2 is 2.29 bits per heavy atom. The van der Waals surface area contributed by atoms with E-state index < -0.39 is 5.60 Å². The van der Waals surface area contributed by atoms with Crippen molar-refractivity contribution in [2.45, 2.75) is 44.8 Å². The van der Waals surface area contributed by atoms with Gasteiger partial charge in [-0.05, 0) is 32.2 Å².